The molecule has 1 aromatic carbocycles. The maximum Gasteiger partial charge on any atom is 0.122 e. The molecular formula is C11H14OS. The van der Waals surface area contributed by atoms with E-state index in [1.165, 1.54) is 11.1 Å². The van der Waals surface area contributed by atoms with Crippen molar-refractivity contribution in [1.29, 1.82) is 0 Å². The zero-order valence-electron chi connectivity index (χ0n) is 7.79. The van der Waals surface area contributed by atoms with Gasteiger partial charge in [0.1, 0.15) is 5.75 Å². The first-order valence-electron chi connectivity index (χ1n) is 4.64. The quantitative estimate of drug-likeness (QED) is 0.676. The van der Waals surface area contributed by atoms with Crippen LogP contribution in [0.3, 0.4) is 0 Å². The molecule has 1 atom stereocenters. The van der Waals surface area contributed by atoms with Gasteiger partial charge in [0.2, 0.25) is 0 Å². The minimum absolute atomic E-state index is 0.527. The van der Waals surface area contributed by atoms with Gasteiger partial charge in [0.15, 0.2) is 0 Å². The Bertz CT molecular complexity index is 309. The van der Waals surface area contributed by atoms with Crippen LogP contribution in [-0.2, 0) is 12.8 Å². The van der Waals surface area contributed by atoms with E-state index in [2.05, 4.69) is 24.8 Å². The van der Waals surface area contributed by atoms with Crippen LogP contribution in [-0.4, -0.2) is 12.4 Å². The lowest BCUT2D eigenvalue weighted by atomic mass is 9.91. The summed E-state index contributed by atoms with van der Waals surface area (Å²) >= 11 is 4.51. The van der Waals surface area contributed by atoms with Gasteiger partial charge in [-0.05, 0) is 36.5 Å². The number of fused-ring (bicyclic) bond motifs is 1. The fraction of sp³-hybridized carbons (Fsp3) is 0.455. The number of hydrogen-bond donors (Lipinski definition) is 1. The van der Waals surface area contributed by atoms with E-state index in [1.54, 1.807) is 7.11 Å². The molecule has 2 heteroatoms. The molecule has 1 aromatic rings. The second-order valence-corrected chi connectivity index (χ2v) is 4.22. The standard InChI is InChI=1S/C11H14OS/c1-12-11-4-2-3-8-7-9(13)5-6-10(8)11/h2-4,9,13H,5-7H2,1H3. The first-order valence-corrected chi connectivity index (χ1v) is 5.15. The summed E-state index contributed by atoms with van der Waals surface area (Å²) in [5.74, 6) is 1.04. The van der Waals surface area contributed by atoms with Crippen molar-refractivity contribution in [3.8, 4) is 5.75 Å². The fourth-order valence-electron chi connectivity index (χ4n) is 1.94. The van der Waals surface area contributed by atoms with Crippen LogP contribution in [0.1, 0.15) is 17.5 Å². The normalized spacial score (nSPS) is 20.9. The van der Waals surface area contributed by atoms with E-state index in [0.29, 0.717) is 5.25 Å². The number of hydrogen-bond acceptors (Lipinski definition) is 2. The average molecular weight is 194 g/mol. The van der Waals surface area contributed by atoms with Gasteiger partial charge >= 0.3 is 0 Å². The van der Waals surface area contributed by atoms with Crippen molar-refractivity contribution in [2.75, 3.05) is 7.11 Å². The predicted molar refractivity (Wildman–Crippen MR) is 57.8 cm³/mol. The van der Waals surface area contributed by atoms with Crippen LogP contribution < -0.4 is 4.74 Å². The average Bonchev–Trinajstić information content (AvgIpc) is 2.16. The Labute approximate surface area is 84.5 Å². The van der Waals surface area contributed by atoms with Crippen molar-refractivity contribution >= 4 is 12.6 Å². The van der Waals surface area contributed by atoms with Crippen LogP contribution in [0.25, 0.3) is 0 Å². The van der Waals surface area contributed by atoms with Crippen molar-refractivity contribution in [1.82, 2.24) is 0 Å². The summed E-state index contributed by atoms with van der Waals surface area (Å²) in [5.41, 5.74) is 2.79. The summed E-state index contributed by atoms with van der Waals surface area (Å²) < 4.78 is 5.32. The Balaban J connectivity index is 2.39. The first kappa shape index (κ1) is 8.95. The predicted octanol–water partition coefficient (Wildman–Crippen LogP) is 2.48. The SMILES string of the molecule is COc1cccc2c1CCC(S)C2. The highest BCUT2D eigenvalue weighted by Gasteiger charge is 2.18. The zero-order valence-corrected chi connectivity index (χ0v) is 8.68. The molecule has 0 bridgehead atoms. The van der Waals surface area contributed by atoms with E-state index < -0.39 is 0 Å². The van der Waals surface area contributed by atoms with Crippen molar-refractivity contribution in [2.45, 2.75) is 24.5 Å². The van der Waals surface area contributed by atoms with Crippen molar-refractivity contribution in [3.05, 3.63) is 29.3 Å². The van der Waals surface area contributed by atoms with Gasteiger partial charge in [-0.15, -0.1) is 0 Å². The molecule has 0 heterocycles. The molecule has 2 rings (SSSR count). The minimum atomic E-state index is 0.527. The molecule has 1 nitrogen and oxygen atoms in total. The third kappa shape index (κ3) is 1.68. The Morgan fingerprint density at radius 2 is 2.31 bits per heavy atom. The summed E-state index contributed by atoms with van der Waals surface area (Å²) in [5, 5.41) is 0.527. The number of methoxy groups -OCH3 is 1. The van der Waals surface area contributed by atoms with Gasteiger partial charge in [0.25, 0.3) is 0 Å². The van der Waals surface area contributed by atoms with E-state index >= 15 is 0 Å². The van der Waals surface area contributed by atoms with Crippen LogP contribution >= 0.6 is 12.6 Å². The second kappa shape index (κ2) is 3.62. The van der Waals surface area contributed by atoms with E-state index in [0.717, 1.165) is 25.0 Å². The Morgan fingerprint density at radius 3 is 3.08 bits per heavy atom. The maximum absolute atomic E-state index is 5.32. The van der Waals surface area contributed by atoms with Gasteiger partial charge in [0, 0.05) is 5.25 Å². The smallest absolute Gasteiger partial charge is 0.122 e. The Hall–Kier alpha value is -0.630. The fourth-order valence-corrected chi connectivity index (χ4v) is 2.27. The molecule has 0 N–H and O–H groups in total. The molecule has 0 radical (unpaired) electrons. The Morgan fingerprint density at radius 1 is 1.46 bits per heavy atom. The molecule has 1 aliphatic rings. The lowest BCUT2D eigenvalue weighted by Crippen LogP contribution is -2.14. The molecule has 0 saturated heterocycles. The van der Waals surface area contributed by atoms with E-state index in [-0.39, 0.29) is 0 Å². The molecule has 1 aliphatic carbocycles. The topological polar surface area (TPSA) is 9.23 Å². The van der Waals surface area contributed by atoms with Crippen molar-refractivity contribution < 1.29 is 4.74 Å². The van der Waals surface area contributed by atoms with Gasteiger partial charge in [-0.25, -0.2) is 0 Å². The van der Waals surface area contributed by atoms with Gasteiger partial charge < -0.3 is 4.74 Å². The largest absolute Gasteiger partial charge is 0.496 e. The van der Waals surface area contributed by atoms with E-state index in [1.807, 2.05) is 6.07 Å². The number of ether oxygens (including phenoxy) is 1. The van der Waals surface area contributed by atoms with Crippen molar-refractivity contribution in [3.63, 3.8) is 0 Å². The van der Waals surface area contributed by atoms with Gasteiger partial charge in [-0.2, -0.15) is 12.6 Å². The lowest BCUT2D eigenvalue weighted by molar-refractivity contribution is 0.406. The van der Waals surface area contributed by atoms with Crippen molar-refractivity contribution in [2.24, 2.45) is 0 Å². The first-order chi connectivity index (χ1) is 6.31. The van der Waals surface area contributed by atoms with E-state index in [4.69, 9.17) is 4.74 Å². The molecule has 0 aliphatic heterocycles. The van der Waals surface area contributed by atoms with Gasteiger partial charge in [-0.1, -0.05) is 12.1 Å². The summed E-state index contributed by atoms with van der Waals surface area (Å²) in [6.45, 7) is 0. The van der Waals surface area contributed by atoms with Crippen LogP contribution in [0.5, 0.6) is 5.75 Å². The summed E-state index contributed by atoms with van der Waals surface area (Å²) in [6, 6.07) is 6.28. The highest BCUT2D eigenvalue weighted by molar-refractivity contribution is 7.80. The highest BCUT2D eigenvalue weighted by Crippen LogP contribution is 2.30. The molecule has 0 saturated carbocycles. The third-order valence-electron chi connectivity index (χ3n) is 2.63. The molecule has 0 spiro atoms. The monoisotopic (exact) mass is 194 g/mol. The molecule has 0 amide bonds. The third-order valence-corrected chi connectivity index (χ3v) is 3.07. The number of benzene rings is 1. The van der Waals surface area contributed by atoms with Crippen LogP contribution in [0.2, 0.25) is 0 Å². The minimum Gasteiger partial charge on any atom is -0.496 e. The van der Waals surface area contributed by atoms with E-state index in [9.17, 15) is 0 Å². The van der Waals surface area contributed by atoms with Gasteiger partial charge in [0.05, 0.1) is 7.11 Å². The summed E-state index contributed by atoms with van der Waals surface area (Å²) in [7, 11) is 1.74. The van der Waals surface area contributed by atoms with Crippen LogP contribution in [0, 0.1) is 0 Å². The number of thiol groups is 1. The maximum atomic E-state index is 5.32. The summed E-state index contributed by atoms with van der Waals surface area (Å²) in [6.07, 6.45) is 3.35. The number of rotatable bonds is 1. The highest BCUT2D eigenvalue weighted by atomic mass is 32.1. The molecule has 0 aromatic heterocycles. The molecule has 1 unspecified atom stereocenters. The van der Waals surface area contributed by atoms with Gasteiger partial charge in [-0.3, -0.25) is 0 Å². The Kier molecular flexibility index (Phi) is 2.49. The summed E-state index contributed by atoms with van der Waals surface area (Å²) in [4.78, 5) is 0. The van der Waals surface area contributed by atoms with Crippen LogP contribution in [0.15, 0.2) is 18.2 Å². The molecule has 13 heavy (non-hydrogen) atoms. The molecule has 0 fully saturated rings. The lowest BCUT2D eigenvalue weighted by Gasteiger charge is -2.22. The zero-order chi connectivity index (χ0) is 9.26. The molecule has 70 valence electrons. The second-order valence-electron chi connectivity index (χ2n) is 3.49. The molecular weight excluding hydrogens is 180 g/mol. The van der Waals surface area contributed by atoms with Crippen LogP contribution in [0.4, 0.5) is 0 Å².